The Morgan fingerprint density at radius 1 is 1.21 bits per heavy atom. The smallest absolute Gasteiger partial charge is 0.130 e. The average Bonchev–Trinajstić information content (AvgIpc) is 2.38. The quantitative estimate of drug-likeness (QED) is 0.854. The SMILES string of the molecule is CC(=O)C[C@H](c1ccccc1)C1[S@](=O)CCC[S@]1=O. The summed E-state index contributed by atoms with van der Waals surface area (Å²) in [6.07, 6.45) is 1.06. The van der Waals surface area contributed by atoms with Gasteiger partial charge < -0.3 is 4.79 Å². The first-order valence-corrected chi connectivity index (χ1v) is 9.14. The Hall–Kier alpha value is -0.810. The van der Waals surface area contributed by atoms with Crippen molar-refractivity contribution < 1.29 is 13.2 Å². The maximum Gasteiger partial charge on any atom is 0.130 e. The third kappa shape index (κ3) is 3.60. The Labute approximate surface area is 118 Å². The van der Waals surface area contributed by atoms with Gasteiger partial charge in [-0.25, -0.2) is 0 Å². The third-order valence-electron chi connectivity index (χ3n) is 3.27. The van der Waals surface area contributed by atoms with Crippen molar-refractivity contribution in [3.63, 3.8) is 0 Å². The molecule has 0 bridgehead atoms. The van der Waals surface area contributed by atoms with E-state index in [0.29, 0.717) is 17.9 Å². The van der Waals surface area contributed by atoms with E-state index in [-0.39, 0.29) is 11.7 Å². The molecule has 1 aromatic carbocycles. The van der Waals surface area contributed by atoms with Gasteiger partial charge in [0, 0.05) is 45.4 Å². The predicted molar refractivity (Wildman–Crippen MR) is 78.9 cm³/mol. The number of carbonyl (C=O) groups is 1. The van der Waals surface area contributed by atoms with E-state index >= 15 is 0 Å². The first-order chi connectivity index (χ1) is 9.09. The van der Waals surface area contributed by atoms with Gasteiger partial charge in [0.2, 0.25) is 0 Å². The molecule has 1 fully saturated rings. The fourth-order valence-corrected chi connectivity index (χ4v) is 6.72. The van der Waals surface area contributed by atoms with Crippen molar-refractivity contribution in [2.45, 2.75) is 30.3 Å². The van der Waals surface area contributed by atoms with Crippen LogP contribution in [0.3, 0.4) is 0 Å². The van der Waals surface area contributed by atoms with E-state index in [0.717, 1.165) is 12.0 Å². The van der Waals surface area contributed by atoms with Gasteiger partial charge in [0.15, 0.2) is 0 Å². The van der Waals surface area contributed by atoms with E-state index in [2.05, 4.69) is 0 Å². The van der Waals surface area contributed by atoms with Gasteiger partial charge in [-0.05, 0) is 18.9 Å². The molecule has 1 heterocycles. The van der Waals surface area contributed by atoms with Gasteiger partial charge in [-0.2, -0.15) is 0 Å². The Morgan fingerprint density at radius 2 is 1.79 bits per heavy atom. The number of rotatable bonds is 4. The fraction of sp³-hybridized carbons (Fsp3) is 0.500. The van der Waals surface area contributed by atoms with Crippen molar-refractivity contribution in [1.29, 1.82) is 0 Å². The van der Waals surface area contributed by atoms with Gasteiger partial charge >= 0.3 is 0 Å². The molecular weight excluding hydrogens is 280 g/mol. The molecule has 19 heavy (non-hydrogen) atoms. The van der Waals surface area contributed by atoms with Crippen LogP contribution in [-0.2, 0) is 26.4 Å². The van der Waals surface area contributed by atoms with E-state index in [1.165, 1.54) is 6.92 Å². The standard InChI is InChI=1S/C14H18O3S2/c1-11(15)10-13(12-6-3-2-4-7-12)14-18(16)8-5-9-19(14)17/h2-4,6-7,13-14H,5,8-10H2,1H3/t13-,18-,19-/m1/s1. The molecule has 0 aromatic heterocycles. The average molecular weight is 298 g/mol. The number of carbonyl (C=O) groups excluding carboxylic acids is 1. The number of hydrogen-bond acceptors (Lipinski definition) is 3. The molecule has 0 aliphatic carbocycles. The zero-order chi connectivity index (χ0) is 13.8. The maximum absolute atomic E-state index is 12.2. The lowest BCUT2D eigenvalue weighted by Gasteiger charge is -2.28. The van der Waals surface area contributed by atoms with Crippen molar-refractivity contribution in [1.82, 2.24) is 0 Å². The Balaban J connectivity index is 2.34. The second kappa shape index (κ2) is 6.57. The predicted octanol–water partition coefficient (Wildman–Crippen LogP) is 1.98. The van der Waals surface area contributed by atoms with Crippen LogP contribution < -0.4 is 0 Å². The highest BCUT2D eigenvalue weighted by Crippen LogP contribution is 2.32. The molecular formula is C14H18O3S2. The van der Waals surface area contributed by atoms with E-state index in [1.807, 2.05) is 30.3 Å². The molecule has 0 spiro atoms. The van der Waals surface area contributed by atoms with Crippen LogP contribution in [0, 0.1) is 0 Å². The monoisotopic (exact) mass is 298 g/mol. The van der Waals surface area contributed by atoms with Gasteiger partial charge in [0.25, 0.3) is 0 Å². The van der Waals surface area contributed by atoms with Crippen LogP contribution in [0.25, 0.3) is 0 Å². The molecule has 0 N–H and O–H groups in total. The van der Waals surface area contributed by atoms with Crippen molar-refractivity contribution in [3.8, 4) is 0 Å². The summed E-state index contributed by atoms with van der Waals surface area (Å²) in [5.74, 6) is 1.05. The van der Waals surface area contributed by atoms with Crippen molar-refractivity contribution in [2.24, 2.45) is 0 Å². The lowest BCUT2D eigenvalue weighted by Crippen LogP contribution is -2.36. The number of benzene rings is 1. The largest absolute Gasteiger partial charge is 0.300 e. The van der Waals surface area contributed by atoms with Crippen LogP contribution in [-0.4, -0.2) is 30.3 Å². The molecule has 3 nitrogen and oxygen atoms in total. The normalized spacial score (nSPS) is 25.9. The summed E-state index contributed by atoms with van der Waals surface area (Å²) in [6.45, 7) is 1.53. The molecule has 0 amide bonds. The molecule has 3 atom stereocenters. The Kier molecular flexibility index (Phi) is 5.05. The van der Waals surface area contributed by atoms with Gasteiger partial charge in [0.05, 0.1) is 0 Å². The maximum atomic E-state index is 12.2. The summed E-state index contributed by atoms with van der Waals surface area (Å²) >= 11 is 0. The molecule has 0 saturated carbocycles. The molecule has 1 saturated heterocycles. The first kappa shape index (κ1) is 14.6. The van der Waals surface area contributed by atoms with Crippen LogP contribution in [0.2, 0.25) is 0 Å². The minimum absolute atomic E-state index is 0.0495. The summed E-state index contributed by atoms with van der Waals surface area (Å²) in [5, 5.41) is 0. The molecule has 1 aliphatic rings. The summed E-state index contributed by atoms with van der Waals surface area (Å²) in [7, 11) is -2.21. The lowest BCUT2D eigenvalue weighted by molar-refractivity contribution is -0.117. The topological polar surface area (TPSA) is 51.2 Å². The number of ketones is 1. The van der Waals surface area contributed by atoms with E-state index in [4.69, 9.17) is 0 Å². The molecule has 2 rings (SSSR count). The highest BCUT2D eigenvalue weighted by molar-refractivity contribution is 8.03. The second-order valence-corrected chi connectivity index (χ2v) is 8.47. The molecule has 0 unspecified atom stereocenters. The molecule has 5 heteroatoms. The van der Waals surface area contributed by atoms with Gasteiger partial charge in [0.1, 0.15) is 10.4 Å². The fourth-order valence-electron chi connectivity index (χ4n) is 2.44. The summed E-state index contributed by atoms with van der Waals surface area (Å²) in [4.78, 5) is 11.5. The summed E-state index contributed by atoms with van der Waals surface area (Å²) < 4.78 is 24.0. The first-order valence-electron chi connectivity index (χ1n) is 6.38. The minimum Gasteiger partial charge on any atom is -0.300 e. The van der Waals surface area contributed by atoms with E-state index < -0.39 is 26.2 Å². The van der Waals surface area contributed by atoms with Crippen LogP contribution in [0.15, 0.2) is 30.3 Å². The van der Waals surface area contributed by atoms with Crippen molar-refractivity contribution in [2.75, 3.05) is 11.5 Å². The van der Waals surface area contributed by atoms with Crippen LogP contribution in [0.1, 0.15) is 31.2 Å². The van der Waals surface area contributed by atoms with Crippen molar-refractivity contribution in [3.05, 3.63) is 35.9 Å². The zero-order valence-corrected chi connectivity index (χ0v) is 12.5. The van der Waals surface area contributed by atoms with Crippen LogP contribution in [0.5, 0.6) is 0 Å². The molecule has 0 radical (unpaired) electrons. The second-order valence-electron chi connectivity index (χ2n) is 4.81. The Bertz CT molecular complexity index is 483. The van der Waals surface area contributed by atoms with Crippen LogP contribution >= 0.6 is 0 Å². The Morgan fingerprint density at radius 3 is 2.32 bits per heavy atom. The van der Waals surface area contributed by atoms with Crippen LogP contribution in [0.4, 0.5) is 0 Å². The summed E-state index contributed by atoms with van der Waals surface area (Å²) in [5.41, 5.74) is 0.964. The molecule has 1 aliphatic heterocycles. The van der Waals surface area contributed by atoms with Gasteiger partial charge in [-0.1, -0.05) is 30.3 Å². The highest BCUT2D eigenvalue weighted by atomic mass is 32.2. The molecule has 1 aromatic rings. The summed E-state index contributed by atoms with van der Waals surface area (Å²) in [6, 6.07) is 9.56. The number of Topliss-reactive ketones (excluding diaryl/α,β-unsaturated/α-hetero) is 1. The minimum atomic E-state index is -1.11. The molecule has 104 valence electrons. The van der Waals surface area contributed by atoms with Gasteiger partial charge in [-0.15, -0.1) is 0 Å². The van der Waals surface area contributed by atoms with Gasteiger partial charge in [-0.3, -0.25) is 8.42 Å². The third-order valence-corrected chi connectivity index (χ3v) is 7.64. The van der Waals surface area contributed by atoms with Crippen molar-refractivity contribution >= 4 is 27.4 Å². The lowest BCUT2D eigenvalue weighted by atomic mass is 9.96. The van der Waals surface area contributed by atoms with E-state index in [1.54, 1.807) is 0 Å². The zero-order valence-electron chi connectivity index (χ0n) is 10.9. The van der Waals surface area contributed by atoms with E-state index in [9.17, 15) is 13.2 Å². The highest BCUT2D eigenvalue weighted by Gasteiger charge is 2.36. The number of hydrogen-bond donors (Lipinski definition) is 0.